The molecule has 0 aliphatic heterocycles. The smallest absolute Gasteiger partial charge is 0.222 e. The summed E-state index contributed by atoms with van der Waals surface area (Å²) in [5.41, 5.74) is 4.64. The van der Waals surface area contributed by atoms with E-state index < -0.39 is 0 Å². The standard InChI is InChI=1S/C23H24N6O/c1-16-6-8-18(9-7-16)22-23(29-14-13-24-15-20(29)28-22)26-12-10-21(30)27-17(2)19-5-3-4-11-25-19/h3-9,11,13-15,17,26H,10,12H2,1-2H3,(H,27,30). The second-order valence-electron chi connectivity index (χ2n) is 7.20. The van der Waals surface area contributed by atoms with Crippen molar-refractivity contribution in [1.82, 2.24) is 24.7 Å². The van der Waals surface area contributed by atoms with Crippen LogP contribution in [0.5, 0.6) is 0 Å². The van der Waals surface area contributed by atoms with Crippen LogP contribution >= 0.6 is 0 Å². The lowest BCUT2D eigenvalue weighted by Crippen LogP contribution is -2.28. The first kappa shape index (κ1) is 19.6. The van der Waals surface area contributed by atoms with Crippen LogP contribution in [0, 0.1) is 6.92 Å². The van der Waals surface area contributed by atoms with E-state index in [9.17, 15) is 4.79 Å². The fourth-order valence-corrected chi connectivity index (χ4v) is 3.30. The van der Waals surface area contributed by atoms with E-state index in [-0.39, 0.29) is 11.9 Å². The number of nitrogens with one attached hydrogen (secondary N) is 2. The molecule has 1 amide bonds. The van der Waals surface area contributed by atoms with Gasteiger partial charge < -0.3 is 10.6 Å². The molecule has 0 saturated heterocycles. The fourth-order valence-electron chi connectivity index (χ4n) is 3.30. The lowest BCUT2D eigenvalue weighted by atomic mass is 10.1. The van der Waals surface area contributed by atoms with Gasteiger partial charge in [0.15, 0.2) is 5.65 Å². The van der Waals surface area contributed by atoms with E-state index >= 15 is 0 Å². The van der Waals surface area contributed by atoms with E-state index in [1.165, 1.54) is 5.56 Å². The molecule has 0 aliphatic rings. The molecule has 0 spiro atoms. The Balaban J connectivity index is 1.46. The van der Waals surface area contributed by atoms with Gasteiger partial charge in [0.1, 0.15) is 11.5 Å². The minimum Gasteiger partial charge on any atom is -0.369 e. The van der Waals surface area contributed by atoms with Crippen molar-refractivity contribution in [1.29, 1.82) is 0 Å². The van der Waals surface area contributed by atoms with Crippen molar-refractivity contribution in [3.8, 4) is 11.3 Å². The molecular weight excluding hydrogens is 376 g/mol. The number of aryl methyl sites for hydroxylation is 1. The largest absolute Gasteiger partial charge is 0.369 e. The minimum absolute atomic E-state index is 0.0342. The Labute approximate surface area is 175 Å². The summed E-state index contributed by atoms with van der Waals surface area (Å²) in [6.45, 7) is 4.47. The summed E-state index contributed by atoms with van der Waals surface area (Å²) < 4.78 is 1.95. The summed E-state index contributed by atoms with van der Waals surface area (Å²) in [4.78, 5) is 25.6. The Morgan fingerprint density at radius 1 is 1.13 bits per heavy atom. The van der Waals surface area contributed by atoms with Crippen molar-refractivity contribution in [3.63, 3.8) is 0 Å². The predicted molar refractivity (Wildman–Crippen MR) is 117 cm³/mol. The normalized spacial score (nSPS) is 11.9. The monoisotopic (exact) mass is 400 g/mol. The highest BCUT2D eigenvalue weighted by molar-refractivity contribution is 5.79. The summed E-state index contributed by atoms with van der Waals surface area (Å²) in [5, 5.41) is 6.38. The lowest BCUT2D eigenvalue weighted by Gasteiger charge is -2.14. The quantitative estimate of drug-likeness (QED) is 0.493. The van der Waals surface area contributed by atoms with Gasteiger partial charge >= 0.3 is 0 Å². The van der Waals surface area contributed by atoms with Crippen molar-refractivity contribution in [2.24, 2.45) is 0 Å². The summed E-state index contributed by atoms with van der Waals surface area (Å²) in [6, 6.07) is 13.8. The first-order chi connectivity index (χ1) is 14.6. The number of rotatable bonds is 7. The molecule has 0 bridgehead atoms. The highest BCUT2D eigenvalue weighted by atomic mass is 16.1. The Hall–Kier alpha value is -3.74. The zero-order valence-corrected chi connectivity index (χ0v) is 17.0. The third-order valence-electron chi connectivity index (χ3n) is 4.91. The third kappa shape index (κ3) is 4.30. The molecule has 1 aromatic carbocycles. The van der Waals surface area contributed by atoms with Crippen LogP contribution < -0.4 is 10.6 Å². The molecule has 3 heterocycles. The van der Waals surface area contributed by atoms with Crippen LogP contribution in [0.2, 0.25) is 0 Å². The highest BCUT2D eigenvalue weighted by Crippen LogP contribution is 2.28. The molecule has 7 heteroatoms. The number of imidazole rings is 1. The topological polar surface area (TPSA) is 84.2 Å². The predicted octanol–water partition coefficient (Wildman–Crippen LogP) is 3.78. The van der Waals surface area contributed by atoms with E-state index in [1.807, 2.05) is 35.7 Å². The number of fused-ring (bicyclic) bond motifs is 1. The average Bonchev–Trinajstić information content (AvgIpc) is 3.13. The molecule has 152 valence electrons. The molecule has 0 fully saturated rings. The first-order valence-corrected chi connectivity index (χ1v) is 9.95. The number of hydrogen-bond donors (Lipinski definition) is 2. The number of nitrogens with zero attached hydrogens (tertiary/aromatic N) is 4. The molecule has 4 aromatic rings. The average molecular weight is 400 g/mol. The highest BCUT2D eigenvalue weighted by Gasteiger charge is 2.15. The molecular formula is C23H24N6O. The number of anilines is 1. The molecule has 2 N–H and O–H groups in total. The molecule has 0 aliphatic carbocycles. The van der Waals surface area contributed by atoms with Crippen molar-refractivity contribution in [3.05, 3.63) is 78.5 Å². The Morgan fingerprint density at radius 3 is 2.73 bits per heavy atom. The summed E-state index contributed by atoms with van der Waals surface area (Å²) in [6.07, 6.45) is 7.38. The van der Waals surface area contributed by atoms with E-state index in [4.69, 9.17) is 4.98 Å². The van der Waals surface area contributed by atoms with Gasteiger partial charge in [-0.2, -0.15) is 0 Å². The van der Waals surface area contributed by atoms with E-state index in [2.05, 4.69) is 51.8 Å². The maximum atomic E-state index is 12.4. The fraction of sp³-hybridized carbons (Fsp3) is 0.217. The summed E-state index contributed by atoms with van der Waals surface area (Å²) in [7, 11) is 0. The van der Waals surface area contributed by atoms with Gasteiger partial charge in [0.05, 0.1) is 17.9 Å². The molecule has 30 heavy (non-hydrogen) atoms. The van der Waals surface area contributed by atoms with E-state index in [0.29, 0.717) is 13.0 Å². The first-order valence-electron chi connectivity index (χ1n) is 9.95. The number of benzene rings is 1. The van der Waals surface area contributed by atoms with Crippen molar-refractivity contribution < 1.29 is 4.79 Å². The van der Waals surface area contributed by atoms with E-state index in [0.717, 1.165) is 28.4 Å². The molecule has 7 nitrogen and oxygen atoms in total. The second kappa shape index (κ2) is 8.73. The second-order valence-corrected chi connectivity index (χ2v) is 7.20. The maximum absolute atomic E-state index is 12.4. The van der Waals surface area contributed by atoms with E-state index in [1.54, 1.807) is 18.6 Å². The van der Waals surface area contributed by atoms with Crippen molar-refractivity contribution in [2.45, 2.75) is 26.3 Å². The summed E-state index contributed by atoms with van der Waals surface area (Å²) >= 11 is 0. The van der Waals surface area contributed by atoms with Gasteiger partial charge in [0, 0.05) is 37.1 Å². The van der Waals surface area contributed by atoms with Crippen LogP contribution in [0.1, 0.15) is 30.6 Å². The molecule has 0 radical (unpaired) electrons. The van der Waals surface area contributed by atoms with Gasteiger partial charge in [-0.05, 0) is 26.0 Å². The van der Waals surface area contributed by atoms with Crippen molar-refractivity contribution >= 4 is 17.4 Å². The van der Waals surface area contributed by atoms with Crippen LogP contribution in [-0.2, 0) is 4.79 Å². The van der Waals surface area contributed by atoms with Gasteiger partial charge in [-0.25, -0.2) is 4.98 Å². The zero-order chi connectivity index (χ0) is 20.9. The van der Waals surface area contributed by atoms with Crippen LogP contribution in [0.3, 0.4) is 0 Å². The van der Waals surface area contributed by atoms with Gasteiger partial charge in [0.2, 0.25) is 5.91 Å². The van der Waals surface area contributed by atoms with Gasteiger partial charge in [-0.3, -0.25) is 19.2 Å². The molecule has 4 rings (SSSR count). The van der Waals surface area contributed by atoms with Gasteiger partial charge in [-0.15, -0.1) is 0 Å². The number of aromatic nitrogens is 4. The molecule has 1 atom stereocenters. The van der Waals surface area contributed by atoms with Crippen LogP contribution in [0.15, 0.2) is 67.3 Å². The van der Waals surface area contributed by atoms with Gasteiger partial charge in [-0.1, -0.05) is 35.9 Å². The van der Waals surface area contributed by atoms with Crippen LogP contribution in [0.25, 0.3) is 16.9 Å². The number of carbonyl (C=O) groups excluding carboxylic acids is 1. The Kier molecular flexibility index (Phi) is 5.70. The zero-order valence-electron chi connectivity index (χ0n) is 17.0. The van der Waals surface area contributed by atoms with Gasteiger partial charge in [0.25, 0.3) is 0 Å². The number of carbonyl (C=O) groups is 1. The molecule has 1 unspecified atom stereocenters. The Morgan fingerprint density at radius 2 is 1.97 bits per heavy atom. The van der Waals surface area contributed by atoms with Crippen LogP contribution in [0.4, 0.5) is 5.82 Å². The van der Waals surface area contributed by atoms with Crippen LogP contribution in [-0.4, -0.2) is 31.8 Å². The third-order valence-corrected chi connectivity index (χ3v) is 4.91. The summed E-state index contributed by atoms with van der Waals surface area (Å²) in [5.74, 6) is 0.815. The molecule has 0 saturated carbocycles. The SMILES string of the molecule is Cc1ccc(-c2nc3cnccn3c2NCCC(=O)NC(C)c2ccccn2)cc1. The maximum Gasteiger partial charge on any atom is 0.222 e. The number of amides is 1. The Bertz CT molecular complexity index is 1140. The number of pyridine rings is 1. The lowest BCUT2D eigenvalue weighted by molar-refractivity contribution is -0.121. The minimum atomic E-state index is -0.135. The van der Waals surface area contributed by atoms with Crippen molar-refractivity contribution in [2.75, 3.05) is 11.9 Å². The number of hydrogen-bond acceptors (Lipinski definition) is 5. The molecule has 3 aromatic heterocycles.